The Morgan fingerprint density at radius 2 is 1.81 bits per heavy atom. The number of nitrogens with zero attached hydrogens (tertiary/aromatic N) is 2. The molecule has 4 rings (SSSR count). The predicted molar refractivity (Wildman–Crippen MR) is 109 cm³/mol. The molecule has 5 nitrogen and oxygen atoms in total. The fourth-order valence-electron chi connectivity index (χ4n) is 3.41. The Bertz CT molecular complexity index is 1220. The third-order valence-corrected chi connectivity index (χ3v) is 5.16. The van der Waals surface area contributed by atoms with Crippen LogP contribution < -0.4 is 0 Å². The standard InChI is InChI=1S/C21H19N3O2S/c1-3-13-11-16(19(26)12(2)18(13)25)20-22-23-21(27)24(20)17-10-6-8-14-7-4-5-9-15(14)17/h4-11,25-26H,3H2,1-2H3,(H,23,27). The second kappa shape index (κ2) is 6.55. The first-order valence-electron chi connectivity index (χ1n) is 8.73. The minimum absolute atomic E-state index is 0.000173. The molecular formula is C21H19N3O2S. The quantitative estimate of drug-likeness (QED) is 0.438. The average molecular weight is 377 g/mol. The van der Waals surface area contributed by atoms with Crippen LogP contribution in [-0.4, -0.2) is 25.0 Å². The molecule has 0 aliphatic heterocycles. The van der Waals surface area contributed by atoms with Crippen LogP contribution in [-0.2, 0) is 6.42 Å². The molecule has 3 aromatic carbocycles. The summed E-state index contributed by atoms with van der Waals surface area (Å²) in [6.45, 7) is 3.65. The number of aromatic amines is 1. The van der Waals surface area contributed by atoms with E-state index in [0.717, 1.165) is 22.0 Å². The molecule has 0 atom stereocenters. The molecule has 0 saturated carbocycles. The number of aryl methyl sites for hydroxylation is 1. The van der Waals surface area contributed by atoms with Crippen LogP contribution in [0.1, 0.15) is 18.1 Å². The van der Waals surface area contributed by atoms with E-state index in [4.69, 9.17) is 12.2 Å². The van der Waals surface area contributed by atoms with Crippen molar-refractivity contribution < 1.29 is 10.2 Å². The van der Waals surface area contributed by atoms with Crippen LogP contribution in [0.25, 0.3) is 27.8 Å². The van der Waals surface area contributed by atoms with E-state index in [0.29, 0.717) is 28.1 Å². The molecule has 0 amide bonds. The van der Waals surface area contributed by atoms with Gasteiger partial charge >= 0.3 is 0 Å². The van der Waals surface area contributed by atoms with Gasteiger partial charge in [0.1, 0.15) is 11.5 Å². The smallest absolute Gasteiger partial charge is 0.200 e. The lowest BCUT2D eigenvalue weighted by molar-refractivity contribution is 0.440. The topological polar surface area (TPSA) is 74.1 Å². The molecule has 0 spiro atoms. The zero-order valence-electron chi connectivity index (χ0n) is 15.0. The fourth-order valence-corrected chi connectivity index (χ4v) is 3.64. The van der Waals surface area contributed by atoms with Gasteiger partial charge in [-0.05, 0) is 48.6 Å². The minimum Gasteiger partial charge on any atom is -0.507 e. The van der Waals surface area contributed by atoms with Gasteiger partial charge < -0.3 is 10.2 Å². The van der Waals surface area contributed by atoms with Crippen molar-refractivity contribution in [2.24, 2.45) is 0 Å². The van der Waals surface area contributed by atoms with Crippen LogP contribution in [0.4, 0.5) is 0 Å². The summed E-state index contributed by atoms with van der Waals surface area (Å²) in [6.07, 6.45) is 0.638. The highest BCUT2D eigenvalue weighted by atomic mass is 32.1. The van der Waals surface area contributed by atoms with Gasteiger partial charge in [-0.1, -0.05) is 43.3 Å². The Morgan fingerprint density at radius 3 is 2.59 bits per heavy atom. The van der Waals surface area contributed by atoms with E-state index in [1.165, 1.54) is 0 Å². The third-order valence-electron chi connectivity index (χ3n) is 4.89. The highest BCUT2D eigenvalue weighted by Crippen LogP contribution is 2.39. The zero-order valence-corrected chi connectivity index (χ0v) is 15.8. The van der Waals surface area contributed by atoms with Crippen LogP contribution >= 0.6 is 12.2 Å². The summed E-state index contributed by atoms with van der Waals surface area (Å²) in [7, 11) is 0. The molecule has 4 aromatic rings. The van der Waals surface area contributed by atoms with Gasteiger partial charge in [0.05, 0.1) is 11.3 Å². The Balaban J connectivity index is 2.05. The van der Waals surface area contributed by atoms with Crippen molar-refractivity contribution in [3.63, 3.8) is 0 Å². The van der Waals surface area contributed by atoms with Crippen LogP contribution in [0.2, 0.25) is 0 Å². The largest absolute Gasteiger partial charge is 0.507 e. The second-order valence-corrected chi connectivity index (χ2v) is 6.83. The van der Waals surface area contributed by atoms with Crippen molar-refractivity contribution in [2.45, 2.75) is 20.3 Å². The number of rotatable bonds is 3. The van der Waals surface area contributed by atoms with Gasteiger partial charge in [0.25, 0.3) is 0 Å². The van der Waals surface area contributed by atoms with Gasteiger partial charge in [-0.3, -0.25) is 9.67 Å². The number of phenolic OH excluding ortho intramolecular Hbond substituents is 2. The van der Waals surface area contributed by atoms with Crippen molar-refractivity contribution >= 4 is 23.0 Å². The molecule has 0 unspecified atom stereocenters. The molecule has 6 heteroatoms. The van der Waals surface area contributed by atoms with E-state index >= 15 is 0 Å². The van der Waals surface area contributed by atoms with E-state index in [1.54, 1.807) is 13.0 Å². The number of aromatic nitrogens is 3. The third kappa shape index (κ3) is 2.69. The lowest BCUT2D eigenvalue weighted by Gasteiger charge is -2.14. The first kappa shape index (κ1) is 17.3. The van der Waals surface area contributed by atoms with Crippen molar-refractivity contribution in [1.82, 2.24) is 14.8 Å². The van der Waals surface area contributed by atoms with Crippen molar-refractivity contribution in [2.75, 3.05) is 0 Å². The lowest BCUT2D eigenvalue weighted by atomic mass is 10.0. The Kier molecular flexibility index (Phi) is 4.20. The van der Waals surface area contributed by atoms with E-state index in [2.05, 4.69) is 10.2 Å². The zero-order chi connectivity index (χ0) is 19.1. The van der Waals surface area contributed by atoms with Gasteiger partial charge in [0, 0.05) is 10.9 Å². The summed E-state index contributed by atoms with van der Waals surface area (Å²) < 4.78 is 2.26. The molecule has 0 fully saturated rings. The number of hydrogen-bond donors (Lipinski definition) is 3. The van der Waals surface area contributed by atoms with Gasteiger partial charge in [-0.25, -0.2) is 0 Å². The maximum Gasteiger partial charge on any atom is 0.200 e. The minimum atomic E-state index is 0.000173. The Morgan fingerprint density at radius 1 is 1.07 bits per heavy atom. The normalized spacial score (nSPS) is 11.2. The Labute approximate surface area is 161 Å². The summed E-state index contributed by atoms with van der Waals surface area (Å²) in [6, 6.07) is 15.8. The lowest BCUT2D eigenvalue weighted by Crippen LogP contribution is -2.00. The number of benzene rings is 3. The maximum atomic E-state index is 10.7. The van der Waals surface area contributed by atoms with E-state index in [-0.39, 0.29) is 11.5 Å². The van der Waals surface area contributed by atoms with Gasteiger partial charge in [-0.15, -0.1) is 0 Å². The van der Waals surface area contributed by atoms with Crippen molar-refractivity contribution in [3.8, 4) is 28.6 Å². The van der Waals surface area contributed by atoms with Gasteiger partial charge in [-0.2, -0.15) is 5.10 Å². The molecule has 136 valence electrons. The van der Waals surface area contributed by atoms with E-state index in [1.807, 2.05) is 54.0 Å². The molecule has 27 heavy (non-hydrogen) atoms. The number of H-pyrrole nitrogens is 1. The monoisotopic (exact) mass is 377 g/mol. The first-order chi connectivity index (χ1) is 13.0. The summed E-state index contributed by atoms with van der Waals surface area (Å²) in [5.74, 6) is 0.622. The molecule has 3 N–H and O–H groups in total. The predicted octanol–water partition coefficient (Wildman–Crippen LogP) is 5.03. The summed E-state index contributed by atoms with van der Waals surface area (Å²) in [5.41, 5.74) is 2.59. The van der Waals surface area contributed by atoms with E-state index in [9.17, 15) is 10.2 Å². The number of aromatic hydroxyl groups is 2. The van der Waals surface area contributed by atoms with Crippen LogP contribution in [0.5, 0.6) is 11.5 Å². The van der Waals surface area contributed by atoms with Gasteiger partial charge in [0.15, 0.2) is 10.6 Å². The summed E-state index contributed by atoms with van der Waals surface area (Å²) >= 11 is 5.49. The first-order valence-corrected chi connectivity index (χ1v) is 9.14. The molecular weight excluding hydrogens is 358 g/mol. The molecule has 0 aliphatic rings. The van der Waals surface area contributed by atoms with E-state index < -0.39 is 0 Å². The van der Waals surface area contributed by atoms with Crippen LogP contribution in [0.15, 0.2) is 48.5 Å². The molecule has 0 aliphatic carbocycles. The van der Waals surface area contributed by atoms with Crippen LogP contribution in [0.3, 0.4) is 0 Å². The molecule has 0 radical (unpaired) electrons. The molecule has 0 bridgehead atoms. The highest BCUT2D eigenvalue weighted by Gasteiger charge is 2.20. The van der Waals surface area contributed by atoms with Crippen LogP contribution in [0, 0.1) is 11.7 Å². The second-order valence-electron chi connectivity index (χ2n) is 6.45. The number of hydrogen-bond acceptors (Lipinski definition) is 4. The Hall–Kier alpha value is -3.12. The van der Waals surface area contributed by atoms with Crippen molar-refractivity contribution in [3.05, 3.63) is 64.4 Å². The highest BCUT2D eigenvalue weighted by molar-refractivity contribution is 7.71. The number of phenols is 2. The van der Waals surface area contributed by atoms with Gasteiger partial charge in [0.2, 0.25) is 0 Å². The average Bonchev–Trinajstić information content (AvgIpc) is 3.07. The molecule has 1 aromatic heterocycles. The maximum absolute atomic E-state index is 10.7. The summed E-state index contributed by atoms with van der Waals surface area (Å²) in [5, 5.41) is 30.3. The summed E-state index contributed by atoms with van der Waals surface area (Å²) in [4.78, 5) is 0. The molecule has 0 saturated heterocycles. The SMILES string of the molecule is CCc1cc(-c2n[nH]c(=S)n2-c2cccc3ccccc23)c(O)c(C)c1O. The van der Waals surface area contributed by atoms with Crippen molar-refractivity contribution in [1.29, 1.82) is 0 Å². The fraction of sp³-hybridized carbons (Fsp3) is 0.143. The number of nitrogens with one attached hydrogen (secondary N) is 1. The number of fused-ring (bicyclic) bond motifs is 1. The molecule has 1 heterocycles.